The number of benzene rings is 10. The van der Waals surface area contributed by atoms with E-state index in [2.05, 4.69) is 185 Å². The number of pyridine rings is 1. The van der Waals surface area contributed by atoms with Crippen LogP contribution in [0.2, 0.25) is 0 Å². The van der Waals surface area contributed by atoms with E-state index in [9.17, 15) is 0 Å². The van der Waals surface area contributed by atoms with Gasteiger partial charge in [-0.15, -0.1) is 0 Å². The second kappa shape index (κ2) is 16.6. The summed E-state index contributed by atoms with van der Waals surface area (Å²) < 4.78 is 11.6. The SMILES string of the molecule is c1ccc(-c2nc(-c3ccccc3)nc(-c3cc(-c4ccc5oc6c(ccc7c6c6ccccc6n7-c6ccccc6)c5c4)cnc3-c3ccc4c(c3)-c3ccc5c(c3C4)c3ccccc3n5-c3ccccc3)n2)cc1. The van der Waals surface area contributed by atoms with Crippen LogP contribution < -0.4 is 0 Å². The zero-order valence-corrected chi connectivity index (χ0v) is 40.9. The Labute approximate surface area is 436 Å². The van der Waals surface area contributed by atoms with Crippen molar-refractivity contribution in [2.45, 2.75) is 6.42 Å². The summed E-state index contributed by atoms with van der Waals surface area (Å²) in [6, 6.07) is 83.5. The maximum atomic E-state index is 6.86. The second-order valence-electron chi connectivity index (χ2n) is 19.7. The van der Waals surface area contributed by atoms with Crippen LogP contribution in [0.25, 0.3) is 145 Å². The minimum atomic E-state index is 0.542. The van der Waals surface area contributed by atoms with E-state index in [-0.39, 0.29) is 0 Å². The molecule has 5 aromatic heterocycles. The van der Waals surface area contributed by atoms with Gasteiger partial charge in [0.15, 0.2) is 17.5 Å². The molecule has 16 rings (SSSR count). The van der Waals surface area contributed by atoms with Crippen LogP contribution in [0.1, 0.15) is 11.1 Å². The molecule has 7 heteroatoms. The first-order valence-corrected chi connectivity index (χ1v) is 25.7. The third kappa shape index (κ3) is 6.49. The summed E-state index contributed by atoms with van der Waals surface area (Å²) in [4.78, 5) is 21.1. The number of aromatic nitrogens is 6. The van der Waals surface area contributed by atoms with Gasteiger partial charge in [0.25, 0.3) is 0 Å². The fraction of sp³-hybridized carbons (Fsp3) is 0.0145. The highest BCUT2D eigenvalue weighted by Crippen LogP contribution is 2.47. The van der Waals surface area contributed by atoms with Crippen molar-refractivity contribution in [2.24, 2.45) is 0 Å². The molecule has 0 saturated carbocycles. The molecule has 1 aliphatic carbocycles. The molecule has 0 aliphatic heterocycles. The van der Waals surface area contributed by atoms with Crippen LogP contribution in [-0.2, 0) is 6.42 Å². The lowest BCUT2D eigenvalue weighted by Crippen LogP contribution is -2.02. The molecular weight excluding hydrogens is 929 g/mol. The normalized spacial score (nSPS) is 12.2. The molecule has 0 N–H and O–H groups in total. The van der Waals surface area contributed by atoms with Crippen LogP contribution >= 0.6 is 0 Å². The standard InChI is InChI=1S/C69H42N6O/c1-5-17-42(18-6-1)67-71-68(43-19-7-2-8-20-43)73-69(72-67)57-40-47(44-31-36-62-55(37-44)51-33-35-61-64(66(51)76-62)53-26-14-16-28-59(53)75(61)49-23-11-4-12-24-49)41-70-65(57)46-30-29-45-38-56-50(54(45)39-46)32-34-60-63(56)52-25-13-15-27-58(52)74(60)48-21-9-3-10-22-48/h1-37,39-41H,38H2. The Kier molecular flexibility index (Phi) is 9.26. The van der Waals surface area contributed by atoms with E-state index in [0.717, 1.165) is 101 Å². The molecule has 76 heavy (non-hydrogen) atoms. The lowest BCUT2D eigenvalue weighted by Gasteiger charge is -2.14. The van der Waals surface area contributed by atoms with Gasteiger partial charge in [-0.2, -0.15) is 0 Å². The van der Waals surface area contributed by atoms with Crippen LogP contribution in [0.15, 0.2) is 247 Å². The number of hydrogen-bond donors (Lipinski definition) is 0. The average molecular weight is 971 g/mol. The molecule has 354 valence electrons. The largest absolute Gasteiger partial charge is 0.455 e. The van der Waals surface area contributed by atoms with Gasteiger partial charge in [-0.3, -0.25) is 4.98 Å². The van der Waals surface area contributed by atoms with Crippen molar-refractivity contribution in [3.63, 3.8) is 0 Å². The molecule has 0 unspecified atom stereocenters. The molecule has 0 bridgehead atoms. The Hall–Kier alpha value is -10.2. The summed E-state index contributed by atoms with van der Waals surface area (Å²) in [6.07, 6.45) is 2.83. The number of para-hydroxylation sites is 4. The highest BCUT2D eigenvalue weighted by molar-refractivity contribution is 6.24. The topological polar surface area (TPSA) is 74.6 Å². The summed E-state index contributed by atoms with van der Waals surface area (Å²) >= 11 is 0. The van der Waals surface area contributed by atoms with E-state index in [1.807, 2.05) is 66.9 Å². The van der Waals surface area contributed by atoms with Gasteiger partial charge in [0.1, 0.15) is 11.2 Å². The van der Waals surface area contributed by atoms with Gasteiger partial charge in [0.05, 0.1) is 33.1 Å². The molecule has 0 radical (unpaired) electrons. The number of nitrogens with zero attached hydrogens (tertiary/aromatic N) is 6. The predicted octanol–water partition coefficient (Wildman–Crippen LogP) is 17.3. The molecule has 5 heterocycles. The summed E-state index contributed by atoms with van der Waals surface area (Å²) in [5.41, 5.74) is 20.0. The Morgan fingerprint density at radius 3 is 1.58 bits per heavy atom. The first kappa shape index (κ1) is 42.3. The van der Waals surface area contributed by atoms with Gasteiger partial charge >= 0.3 is 0 Å². The van der Waals surface area contributed by atoms with Gasteiger partial charge < -0.3 is 13.6 Å². The van der Waals surface area contributed by atoms with E-state index in [1.54, 1.807) is 0 Å². The monoisotopic (exact) mass is 970 g/mol. The van der Waals surface area contributed by atoms with E-state index < -0.39 is 0 Å². The van der Waals surface area contributed by atoms with Crippen molar-refractivity contribution in [3.8, 4) is 79.0 Å². The van der Waals surface area contributed by atoms with E-state index in [1.165, 1.54) is 44.1 Å². The lowest BCUT2D eigenvalue weighted by atomic mass is 9.96. The van der Waals surface area contributed by atoms with Crippen LogP contribution in [-0.4, -0.2) is 29.1 Å². The van der Waals surface area contributed by atoms with Crippen LogP contribution in [0, 0.1) is 0 Å². The van der Waals surface area contributed by atoms with Gasteiger partial charge in [-0.05, 0) is 113 Å². The van der Waals surface area contributed by atoms with Gasteiger partial charge in [-0.1, -0.05) is 158 Å². The Bertz CT molecular complexity index is 4770. The minimum absolute atomic E-state index is 0.542. The first-order chi connectivity index (χ1) is 37.7. The molecular formula is C69H42N6O. The van der Waals surface area contributed by atoms with Crippen LogP contribution in [0.4, 0.5) is 0 Å². The molecule has 7 nitrogen and oxygen atoms in total. The summed E-state index contributed by atoms with van der Waals surface area (Å²) in [5.74, 6) is 1.72. The fourth-order valence-electron chi connectivity index (χ4n) is 12.0. The number of furan rings is 1. The Morgan fingerprint density at radius 1 is 0.355 bits per heavy atom. The van der Waals surface area contributed by atoms with Gasteiger partial charge in [0, 0.05) is 72.3 Å². The highest BCUT2D eigenvalue weighted by atomic mass is 16.3. The summed E-state index contributed by atoms with van der Waals surface area (Å²) in [7, 11) is 0. The fourth-order valence-corrected chi connectivity index (χ4v) is 12.0. The quantitative estimate of drug-likeness (QED) is 0.159. The molecule has 0 saturated heterocycles. The average Bonchev–Trinajstić information content (AvgIpc) is 4.30. The molecule has 0 amide bonds. The smallest absolute Gasteiger partial charge is 0.166 e. The van der Waals surface area contributed by atoms with Gasteiger partial charge in [-0.25, -0.2) is 15.0 Å². The molecule has 0 spiro atoms. The zero-order chi connectivity index (χ0) is 49.8. The second-order valence-corrected chi connectivity index (χ2v) is 19.7. The minimum Gasteiger partial charge on any atom is -0.455 e. The third-order valence-corrected chi connectivity index (χ3v) is 15.4. The third-order valence-electron chi connectivity index (χ3n) is 15.4. The molecule has 1 aliphatic rings. The van der Waals surface area contributed by atoms with E-state index in [4.69, 9.17) is 24.4 Å². The lowest BCUT2D eigenvalue weighted by molar-refractivity contribution is 0.673. The van der Waals surface area contributed by atoms with Crippen LogP contribution in [0.5, 0.6) is 0 Å². The summed E-state index contributed by atoms with van der Waals surface area (Å²) in [5, 5.41) is 6.90. The first-order valence-electron chi connectivity index (χ1n) is 25.7. The molecule has 0 fully saturated rings. The van der Waals surface area contributed by atoms with Crippen molar-refractivity contribution in [3.05, 3.63) is 254 Å². The maximum absolute atomic E-state index is 6.86. The maximum Gasteiger partial charge on any atom is 0.166 e. The van der Waals surface area contributed by atoms with Crippen molar-refractivity contribution in [2.75, 3.05) is 0 Å². The Morgan fingerprint density at radius 2 is 0.908 bits per heavy atom. The van der Waals surface area contributed by atoms with Crippen molar-refractivity contribution in [1.29, 1.82) is 0 Å². The molecule has 0 atom stereocenters. The number of hydrogen-bond acceptors (Lipinski definition) is 5. The van der Waals surface area contributed by atoms with E-state index in [0.29, 0.717) is 17.5 Å². The number of fused-ring (bicyclic) bond motifs is 14. The predicted molar refractivity (Wildman–Crippen MR) is 309 cm³/mol. The van der Waals surface area contributed by atoms with Gasteiger partial charge in [0.2, 0.25) is 0 Å². The zero-order valence-electron chi connectivity index (χ0n) is 40.9. The van der Waals surface area contributed by atoms with Crippen molar-refractivity contribution < 1.29 is 4.42 Å². The summed E-state index contributed by atoms with van der Waals surface area (Å²) in [6.45, 7) is 0. The molecule has 10 aromatic carbocycles. The van der Waals surface area contributed by atoms with Crippen molar-refractivity contribution in [1.82, 2.24) is 29.1 Å². The molecule has 15 aromatic rings. The highest BCUT2D eigenvalue weighted by Gasteiger charge is 2.27. The van der Waals surface area contributed by atoms with E-state index >= 15 is 0 Å². The van der Waals surface area contributed by atoms with Crippen LogP contribution in [0.3, 0.4) is 0 Å². The van der Waals surface area contributed by atoms with Crippen molar-refractivity contribution >= 4 is 65.6 Å². The number of rotatable bonds is 7. The Balaban J connectivity index is 0.885.